The summed E-state index contributed by atoms with van der Waals surface area (Å²) in [6.45, 7) is 7.80. The van der Waals surface area contributed by atoms with Crippen LogP contribution in [0.15, 0.2) is 25.3 Å². The Morgan fingerprint density at radius 2 is 1.58 bits per heavy atom. The highest BCUT2D eigenvalue weighted by Gasteiger charge is 2.02. The molecule has 0 rings (SSSR count). The molecule has 5 nitrogen and oxygen atoms in total. The molecule has 0 heterocycles. The molecule has 0 atom stereocenters. The molecule has 0 spiro atoms. The maximum atomic E-state index is 11.1. The van der Waals surface area contributed by atoms with E-state index in [0.717, 1.165) is 12.8 Å². The van der Waals surface area contributed by atoms with E-state index in [1.165, 1.54) is 6.08 Å². The zero-order chi connectivity index (χ0) is 14.3. The lowest BCUT2D eigenvalue weighted by Gasteiger charge is -2.05. The van der Waals surface area contributed by atoms with E-state index in [1.54, 1.807) is 6.08 Å². The highest BCUT2D eigenvalue weighted by Crippen LogP contribution is 2.00. The Bertz CT molecular complexity index is 258. The van der Waals surface area contributed by atoms with Crippen molar-refractivity contribution in [3.8, 4) is 0 Å². The van der Waals surface area contributed by atoms with Crippen molar-refractivity contribution in [1.29, 1.82) is 0 Å². The number of allylic oxidation sites excluding steroid dienone is 1. The first kappa shape index (κ1) is 17.2. The number of carbonyl (C=O) groups is 2. The lowest BCUT2D eigenvalue weighted by molar-refractivity contribution is -0.143. The zero-order valence-corrected chi connectivity index (χ0v) is 11.3. The van der Waals surface area contributed by atoms with Crippen LogP contribution in [0.5, 0.6) is 0 Å². The quantitative estimate of drug-likeness (QED) is 0.328. The van der Waals surface area contributed by atoms with Gasteiger partial charge in [0.1, 0.15) is 6.61 Å². The molecule has 0 aliphatic rings. The van der Waals surface area contributed by atoms with Gasteiger partial charge in [-0.05, 0) is 25.7 Å². The van der Waals surface area contributed by atoms with Crippen LogP contribution in [-0.4, -0.2) is 31.9 Å². The van der Waals surface area contributed by atoms with Crippen LogP contribution in [0.1, 0.15) is 32.1 Å². The van der Waals surface area contributed by atoms with Gasteiger partial charge in [-0.25, -0.2) is 4.79 Å². The first-order valence-electron chi connectivity index (χ1n) is 6.37. The van der Waals surface area contributed by atoms with Gasteiger partial charge in [0.15, 0.2) is 0 Å². The molecule has 0 bridgehead atoms. The molecule has 19 heavy (non-hydrogen) atoms. The predicted molar refractivity (Wildman–Crippen MR) is 71.7 cm³/mol. The van der Waals surface area contributed by atoms with Crippen molar-refractivity contribution in [2.75, 3.05) is 19.8 Å². The maximum Gasteiger partial charge on any atom is 0.508 e. The number of hydrogen-bond acceptors (Lipinski definition) is 5. The van der Waals surface area contributed by atoms with Gasteiger partial charge < -0.3 is 14.2 Å². The smallest absolute Gasteiger partial charge is 0.466 e. The third kappa shape index (κ3) is 12.5. The highest BCUT2D eigenvalue weighted by molar-refractivity contribution is 5.69. The first-order valence-corrected chi connectivity index (χ1v) is 6.37. The van der Waals surface area contributed by atoms with Crippen molar-refractivity contribution >= 4 is 12.1 Å². The molecule has 0 aromatic rings. The second-order valence-electron chi connectivity index (χ2n) is 3.81. The van der Waals surface area contributed by atoms with Crippen LogP contribution >= 0.6 is 0 Å². The van der Waals surface area contributed by atoms with Gasteiger partial charge in [-0.1, -0.05) is 18.7 Å². The van der Waals surface area contributed by atoms with Crippen molar-refractivity contribution in [2.24, 2.45) is 0 Å². The Kier molecular flexibility index (Phi) is 11.5. The molecule has 0 aliphatic carbocycles. The Balaban J connectivity index is 3.26. The van der Waals surface area contributed by atoms with Gasteiger partial charge in [0, 0.05) is 6.42 Å². The Morgan fingerprint density at radius 1 is 0.895 bits per heavy atom. The average Bonchev–Trinajstić information content (AvgIpc) is 2.41. The molecule has 0 aliphatic heterocycles. The Morgan fingerprint density at radius 3 is 2.21 bits per heavy atom. The number of rotatable bonds is 11. The monoisotopic (exact) mass is 270 g/mol. The average molecular weight is 270 g/mol. The topological polar surface area (TPSA) is 61.8 Å². The van der Waals surface area contributed by atoms with Gasteiger partial charge in [0.2, 0.25) is 0 Å². The summed E-state index contributed by atoms with van der Waals surface area (Å²) in [5.41, 5.74) is 0. The summed E-state index contributed by atoms with van der Waals surface area (Å²) in [4.78, 5) is 22.0. The van der Waals surface area contributed by atoms with E-state index < -0.39 is 6.16 Å². The van der Waals surface area contributed by atoms with E-state index in [4.69, 9.17) is 9.47 Å². The third-order valence-corrected chi connectivity index (χ3v) is 2.14. The molecule has 0 N–H and O–H groups in total. The van der Waals surface area contributed by atoms with Crippen molar-refractivity contribution < 1.29 is 23.8 Å². The lowest BCUT2D eigenvalue weighted by atomic mass is 10.2. The summed E-state index contributed by atoms with van der Waals surface area (Å²) in [6, 6.07) is 0. The van der Waals surface area contributed by atoms with E-state index in [2.05, 4.69) is 17.9 Å². The van der Waals surface area contributed by atoms with Crippen molar-refractivity contribution in [3.63, 3.8) is 0 Å². The van der Waals surface area contributed by atoms with Crippen LogP contribution in [0, 0.1) is 0 Å². The summed E-state index contributed by atoms with van der Waals surface area (Å²) in [7, 11) is 0. The summed E-state index contributed by atoms with van der Waals surface area (Å²) in [5, 5.41) is 0. The highest BCUT2D eigenvalue weighted by atomic mass is 16.7. The van der Waals surface area contributed by atoms with Gasteiger partial charge in [-0.3, -0.25) is 4.79 Å². The van der Waals surface area contributed by atoms with Crippen molar-refractivity contribution in [2.45, 2.75) is 32.1 Å². The fourth-order valence-electron chi connectivity index (χ4n) is 1.18. The SMILES string of the molecule is C=CCCC(=O)OCCCCCOC(=O)OCC=C. The summed E-state index contributed by atoms with van der Waals surface area (Å²) in [5.74, 6) is -0.204. The lowest BCUT2D eigenvalue weighted by Crippen LogP contribution is -2.09. The molecule has 0 saturated carbocycles. The van der Waals surface area contributed by atoms with E-state index in [0.29, 0.717) is 32.5 Å². The van der Waals surface area contributed by atoms with Crippen LogP contribution in [0.3, 0.4) is 0 Å². The largest absolute Gasteiger partial charge is 0.508 e. The fourth-order valence-corrected chi connectivity index (χ4v) is 1.18. The number of hydrogen-bond donors (Lipinski definition) is 0. The van der Waals surface area contributed by atoms with E-state index in [1.807, 2.05) is 0 Å². The minimum Gasteiger partial charge on any atom is -0.466 e. The molecule has 108 valence electrons. The van der Waals surface area contributed by atoms with Crippen LogP contribution < -0.4 is 0 Å². The summed E-state index contributed by atoms with van der Waals surface area (Å²) >= 11 is 0. The second kappa shape index (κ2) is 12.7. The van der Waals surface area contributed by atoms with Gasteiger partial charge in [0.25, 0.3) is 0 Å². The fraction of sp³-hybridized carbons (Fsp3) is 0.571. The molecule has 5 heteroatoms. The van der Waals surface area contributed by atoms with Gasteiger partial charge in [-0.2, -0.15) is 0 Å². The predicted octanol–water partition coefficient (Wildman–Crippen LogP) is 3.01. The van der Waals surface area contributed by atoms with E-state index in [-0.39, 0.29) is 12.6 Å². The maximum absolute atomic E-state index is 11.1. The molecular weight excluding hydrogens is 248 g/mol. The molecule has 0 unspecified atom stereocenters. The van der Waals surface area contributed by atoms with Crippen LogP contribution in [-0.2, 0) is 19.0 Å². The summed E-state index contributed by atoms with van der Waals surface area (Å²) in [6.07, 6.45) is 5.78. The molecule has 0 aromatic carbocycles. The Labute approximate surface area is 114 Å². The second-order valence-corrected chi connectivity index (χ2v) is 3.81. The van der Waals surface area contributed by atoms with E-state index >= 15 is 0 Å². The zero-order valence-electron chi connectivity index (χ0n) is 11.3. The number of esters is 1. The molecule has 0 radical (unpaired) electrons. The van der Waals surface area contributed by atoms with Gasteiger partial charge >= 0.3 is 12.1 Å². The normalized spacial score (nSPS) is 9.47. The molecule has 0 aromatic heterocycles. The van der Waals surface area contributed by atoms with Gasteiger partial charge in [0.05, 0.1) is 13.2 Å². The minimum absolute atomic E-state index is 0.152. The number of carbonyl (C=O) groups excluding carboxylic acids is 2. The van der Waals surface area contributed by atoms with Crippen molar-refractivity contribution in [1.82, 2.24) is 0 Å². The van der Waals surface area contributed by atoms with Crippen molar-refractivity contribution in [3.05, 3.63) is 25.3 Å². The molecule has 0 fully saturated rings. The number of ether oxygens (including phenoxy) is 3. The van der Waals surface area contributed by atoms with Crippen LogP contribution in [0.2, 0.25) is 0 Å². The van der Waals surface area contributed by atoms with E-state index in [9.17, 15) is 9.59 Å². The minimum atomic E-state index is -0.684. The third-order valence-electron chi connectivity index (χ3n) is 2.14. The first-order chi connectivity index (χ1) is 9.20. The summed E-state index contributed by atoms with van der Waals surface area (Å²) < 4.78 is 14.4. The van der Waals surface area contributed by atoms with Crippen LogP contribution in [0.4, 0.5) is 4.79 Å². The molecule has 0 saturated heterocycles. The van der Waals surface area contributed by atoms with Gasteiger partial charge in [-0.15, -0.1) is 6.58 Å². The standard InChI is InChI=1S/C14H22O5/c1-3-5-9-13(15)17-11-7-6-8-12-19-14(16)18-10-4-2/h3-4H,1-2,5-12H2. The Hall–Kier alpha value is -1.78. The molecular formula is C14H22O5. The van der Waals surface area contributed by atoms with Crippen LogP contribution in [0.25, 0.3) is 0 Å². The number of unbranched alkanes of at least 4 members (excludes halogenated alkanes) is 2. The molecule has 0 amide bonds.